The molecule has 156 valence electrons. The average molecular weight is 420 g/mol. The van der Waals surface area contributed by atoms with Crippen molar-refractivity contribution in [1.29, 1.82) is 0 Å². The third kappa shape index (κ3) is 4.98. The molecule has 0 bridgehead atoms. The molecule has 0 aliphatic heterocycles. The Morgan fingerprint density at radius 2 is 1.97 bits per heavy atom. The lowest BCUT2D eigenvalue weighted by Gasteiger charge is -2.23. The van der Waals surface area contributed by atoms with E-state index in [4.69, 9.17) is 26.2 Å². The molecular weight excluding hydrogens is 394 g/mol. The standard InChI is InChI=1S/C21H26ClN3O4/c1-12-7-18(15(8-16(12)22)21(2,3)4)28-11-17-14-5-6-19(23-20(14)25-24-17)29-10-13(27)9-26/h5-8,13,26-27H,9-11H2,1-4H3,(H,23,24,25). The number of aromatic amines is 1. The predicted octanol–water partition coefficient (Wildman–Crippen LogP) is 3.53. The van der Waals surface area contributed by atoms with Gasteiger partial charge < -0.3 is 19.7 Å². The third-order valence-electron chi connectivity index (χ3n) is 4.54. The topological polar surface area (TPSA) is 100 Å². The minimum Gasteiger partial charge on any atom is -0.487 e. The first-order valence-corrected chi connectivity index (χ1v) is 9.76. The van der Waals surface area contributed by atoms with Gasteiger partial charge in [-0.05, 0) is 36.1 Å². The highest BCUT2D eigenvalue weighted by Crippen LogP contribution is 2.36. The largest absolute Gasteiger partial charge is 0.487 e. The minimum absolute atomic E-state index is 0.0371. The van der Waals surface area contributed by atoms with Gasteiger partial charge in [0.25, 0.3) is 0 Å². The van der Waals surface area contributed by atoms with Crippen LogP contribution in [0.4, 0.5) is 0 Å². The second kappa shape index (κ2) is 8.57. The molecule has 2 heterocycles. The van der Waals surface area contributed by atoms with Crippen molar-refractivity contribution in [1.82, 2.24) is 15.2 Å². The molecule has 0 saturated carbocycles. The Morgan fingerprint density at radius 1 is 1.21 bits per heavy atom. The van der Waals surface area contributed by atoms with Crippen LogP contribution in [0.2, 0.25) is 5.02 Å². The second-order valence-electron chi connectivity index (χ2n) is 8.00. The van der Waals surface area contributed by atoms with Crippen molar-refractivity contribution in [2.24, 2.45) is 0 Å². The van der Waals surface area contributed by atoms with Crippen LogP contribution in [-0.4, -0.2) is 44.7 Å². The highest BCUT2D eigenvalue weighted by Gasteiger charge is 2.21. The molecule has 0 saturated heterocycles. The van der Waals surface area contributed by atoms with Gasteiger partial charge in [0.05, 0.1) is 6.61 Å². The molecule has 2 aromatic heterocycles. The smallest absolute Gasteiger partial charge is 0.215 e. The Balaban J connectivity index is 1.79. The van der Waals surface area contributed by atoms with Gasteiger partial charge in [-0.25, -0.2) is 0 Å². The van der Waals surface area contributed by atoms with Crippen LogP contribution in [-0.2, 0) is 12.0 Å². The van der Waals surface area contributed by atoms with Crippen molar-refractivity contribution < 1.29 is 19.7 Å². The van der Waals surface area contributed by atoms with E-state index in [1.165, 1.54) is 0 Å². The second-order valence-corrected chi connectivity index (χ2v) is 8.41. The summed E-state index contributed by atoms with van der Waals surface area (Å²) in [5.74, 6) is 1.12. The fraction of sp³-hybridized carbons (Fsp3) is 0.429. The Kier molecular flexibility index (Phi) is 6.31. The van der Waals surface area contributed by atoms with Gasteiger partial charge in [0, 0.05) is 22.0 Å². The summed E-state index contributed by atoms with van der Waals surface area (Å²) >= 11 is 6.32. The van der Waals surface area contributed by atoms with Crippen molar-refractivity contribution in [3.8, 4) is 11.6 Å². The van der Waals surface area contributed by atoms with Crippen LogP contribution in [0.25, 0.3) is 11.0 Å². The molecule has 0 spiro atoms. The van der Waals surface area contributed by atoms with E-state index in [0.717, 1.165) is 33.0 Å². The van der Waals surface area contributed by atoms with Crippen molar-refractivity contribution >= 4 is 22.6 Å². The van der Waals surface area contributed by atoms with E-state index in [9.17, 15) is 5.11 Å². The van der Waals surface area contributed by atoms with Crippen LogP contribution in [0.3, 0.4) is 0 Å². The average Bonchev–Trinajstić information content (AvgIpc) is 3.08. The van der Waals surface area contributed by atoms with Crippen LogP contribution in [0, 0.1) is 6.92 Å². The summed E-state index contributed by atoms with van der Waals surface area (Å²) in [4.78, 5) is 4.33. The summed E-state index contributed by atoms with van der Waals surface area (Å²) < 4.78 is 11.5. The summed E-state index contributed by atoms with van der Waals surface area (Å²) in [6.07, 6.45) is -0.946. The summed E-state index contributed by atoms with van der Waals surface area (Å²) in [5.41, 5.74) is 3.15. The number of ether oxygens (including phenoxy) is 2. The number of benzene rings is 1. The summed E-state index contributed by atoms with van der Waals surface area (Å²) in [7, 11) is 0. The van der Waals surface area contributed by atoms with E-state index in [1.807, 2.05) is 25.1 Å². The minimum atomic E-state index is -0.946. The number of hydrogen-bond donors (Lipinski definition) is 3. The van der Waals surface area contributed by atoms with Gasteiger partial charge in [0.15, 0.2) is 5.65 Å². The molecule has 8 heteroatoms. The first kappa shape index (κ1) is 21.4. The number of aromatic nitrogens is 3. The third-order valence-corrected chi connectivity index (χ3v) is 4.95. The van der Waals surface area contributed by atoms with Crippen molar-refractivity contribution in [3.63, 3.8) is 0 Å². The quantitative estimate of drug-likeness (QED) is 0.541. The number of rotatable bonds is 7. The van der Waals surface area contributed by atoms with Crippen LogP contribution in [0.5, 0.6) is 11.6 Å². The summed E-state index contributed by atoms with van der Waals surface area (Å²) in [6, 6.07) is 7.44. The SMILES string of the molecule is Cc1cc(OCc2n[nH]c3nc(OCC(O)CO)ccc23)c(C(C)(C)C)cc1Cl. The van der Waals surface area contributed by atoms with E-state index in [0.29, 0.717) is 11.5 Å². The molecule has 1 atom stereocenters. The van der Waals surface area contributed by atoms with E-state index < -0.39 is 6.10 Å². The van der Waals surface area contributed by atoms with E-state index in [-0.39, 0.29) is 25.2 Å². The van der Waals surface area contributed by atoms with Crippen molar-refractivity contribution in [2.45, 2.75) is 45.8 Å². The number of halogens is 1. The number of nitrogens with zero attached hydrogens (tertiary/aromatic N) is 2. The lowest BCUT2D eigenvalue weighted by molar-refractivity contribution is 0.0522. The molecule has 1 aromatic carbocycles. The molecule has 0 radical (unpaired) electrons. The fourth-order valence-electron chi connectivity index (χ4n) is 2.87. The first-order valence-electron chi connectivity index (χ1n) is 9.38. The molecular formula is C21H26ClN3O4. The molecule has 0 amide bonds. The number of H-pyrrole nitrogens is 1. The fourth-order valence-corrected chi connectivity index (χ4v) is 3.04. The van der Waals surface area contributed by atoms with E-state index in [1.54, 1.807) is 6.07 Å². The van der Waals surface area contributed by atoms with E-state index >= 15 is 0 Å². The zero-order valence-electron chi connectivity index (χ0n) is 17.0. The zero-order valence-corrected chi connectivity index (χ0v) is 17.7. The summed E-state index contributed by atoms with van der Waals surface area (Å²) in [6.45, 7) is 8.16. The molecule has 0 fully saturated rings. The molecule has 0 aliphatic rings. The van der Waals surface area contributed by atoms with Gasteiger partial charge in [-0.3, -0.25) is 5.10 Å². The first-order chi connectivity index (χ1) is 13.7. The number of aliphatic hydroxyl groups is 2. The Hall–Kier alpha value is -2.35. The number of fused-ring (bicyclic) bond motifs is 1. The number of hydrogen-bond acceptors (Lipinski definition) is 6. The van der Waals surface area contributed by atoms with Crippen LogP contribution < -0.4 is 9.47 Å². The molecule has 1 unspecified atom stereocenters. The van der Waals surface area contributed by atoms with Gasteiger partial charge in [-0.2, -0.15) is 10.1 Å². The maximum atomic E-state index is 9.38. The molecule has 3 rings (SSSR count). The Labute approximate surface area is 174 Å². The number of pyridine rings is 1. The van der Waals surface area contributed by atoms with Gasteiger partial charge in [0.2, 0.25) is 5.88 Å². The number of aliphatic hydroxyl groups excluding tert-OH is 2. The molecule has 3 N–H and O–H groups in total. The van der Waals surface area contributed by atoms with Crippen LogP contribution in [0.15, 0.2) is 24.3 Å². The summed E-state index contributed by atoms with van der Waals surface area (Å²) in [5, 5.41) is 27.0. The normalized spacial score (nSPS) is 12.9. The highest BCUT2D eigenvalue weighted by molar-refractivity contribution is 6.31. The Bertz CT molecular complexity index is 997. The monoisotopic (exact) mass is 419 g/mol. The predicted molar refractivity (Wildman–Crippen MR) is 112 cm³/mol. The number of nitrogens with one attached hydrogen (secondary N) is 1. The molecule has 0 aliphatic carbocycles. The lowest BCUT2D eigenvalue weighted by Crippen LogP contribution is -2.21. The van der Waals surface area contributed by atoms with Crippen molar-refractivity contribution in [2.75, 3.05) is 13.2 Å². The van der Waals surface area contributed by atoms with Crippen molar-refractivity contribution in [3.05, 3.63) is 46.1 Å². The van der Waals surface area contributed by atoms with Gasteiger partial charge in [0.1, 0.15) is 30.8 Å². The molecule has 29 heavy (non-hydrogen) atoms. The van der Waals surface area contributed by atoms with Crippen LogP contribution >= 0.6 is 11.6 Å². The zero-order chi connectivity index (χ0) is 21.2. The highest BCUT2D eigenvalue weighted by atomic mass is 35.5. The maximum absolute atomic E-state index is 9.38. The van der Waals surface area contributed by atoms with Crippen LogP contribution in [0.1, 0.15) is 37.6 Å². The maximum Gasteiger partial charge on any atom is 0.215 e. The van der Waals surface area contributed by atoms with Gasteiger partial charge in [-0.15, -0.1) is 0 Å². The van der Waals surface area contributed by atoms with Gasteiger partial charge in [-0.1, -0.05) is 32.4 Å². The molecule has 7 nitrogen and oxygen atoms in total. The number of aryl methyl sites for hydroxylation is 1. The van der Waals surface area contributed by atoms with E-state index in [2.05, 4.69) is 36.0 Å². The Morgan fingerprint density at radius 3 is 2.66 bits per heavy atom. The van der Waals surface area contributed by atoms with Gasteiger partial charge >= 0.3 is 0 Å². The lowest BCUT2D eigenvalue weighted by atomic mass is 9.86. The molecule has 3 aromatic rings.